The van der Waals surface area contributed by atoms with Crippen LogP contribution in [-0.4, -0.2) is 4.98 Å². The summed E-state index contributed by atoms with van der Waals surface area (Å²) in [6, 6.07) is 5.89. The molecule has 0 spiro atoms. The van der Waals surface area contributed by atoms with Gasteiger partial charge in [0.2, 0.25) is 0 Å². The van der Waals surface area contributed by atoms with Gasteiger partial charge in [0.15, 0.2) is 11.5 Å². The van der Waals surface area contributed by atoms with E-state index in [0.29, 0.717) is 0 Å². The molecule has 0 unspecified atom stereocenters. The standard InChI is InChI=1S/C11H12BrNO/c1-2-3-7-10-13-11-8(12)5-4-6-9(11)14-10/h4-6H,2-3,7H2,1H3. The van der Waals surface area contributed by atoms with Gasteiger partial charge in [0.05, 0.1) is 0 Å². The lowest BCUT2D eigenvalue weighted by Crippen LogP contribution is -1.82. The molecule has 0 saturated heterocycles. The maximum atomic E-state index is 5.61. The van der Waals surface area contributed by atoms with Crippen LogP contribution in [-0.2, 0) is 6.42 Å². The summed E-state index contributed by atoms with van der Waals surface area (Å²) in [5.41, 5.74) is 1.80. The van der Waals surface area contributed by atoms with Gasteiger partial charge in [-0.05, 0) is 34.5 Å². The van der Waals surface area contributed by atoms with Gasteiger partial charge in [0, 0.05) is 10.9 Å². The Labute approximate surface area is 91.5 Å². The zero-order valence-corrected chi connectivity index (χ0v) is 9.67. The Balaban J connectivity index is 2.36. The highest BCUT2D eigenvalue weighted by Crippen LogP contribution is 2.24. The molecule has 3 heteroatoms. The van der Waals surface area contributed by atoms with E-state index in [2.05, 4.69) is 27.8 Å². The molecule has 2 aromatic rings. The number of hydrogen-bond donors (Lipinski definition) is 0. The van der Waals surface area contributed by atoms with Crippen molar-refractivity contribution >= 4 is 27.0 Å². The molecule has 0 N–H and O–H groups in total. The molecule has 1 heterocycles. The molecule has 74 valence electrons. The van der Waals surface area contributed by atoms with Gasteiger partial charge in [0.1, 0.15) is 5.52 Å². The second-order valence-electron chi connectivity index (χ2n) is 3.30. The Kier molecular flexibility index (Phi) is 2.87. The number of unbranched alkanes of at least 4 members (excludes halogenated alkanes) is 1. The van der Waals surface area contributed by atoms with Crippen LogP contribution < -0.4 is 0 Å². The number of benzene rings is 1. The minimum absolute atomic E-state index is 0.841. The van der Waals surface area contributed by atoms with Gasteiger partial charge in [-0.3, -0.25) is 0 Å². The number of oxazole rings is 1. The molecule has 2 rings (SSSR count). The summed E-state index contributed by atoms with van der Waals surface area (Å²) < 4.78 is 6.61. The molecule has 1 aromatic heterocycles. The van der Waals surface area contributed by atoms with E-state index in [-0.39, 0.29) is 0 Å². The Bertz CT molecular complexity index is 436. The van der Waals surface area contributed by atoms with E-state index in [1.807, 2.05) is 18.2 Å². The normalized spacial score (nSPS) is 11.0. The predicted octanol–water partition coefficient (Wildman–Crippen LogP) is 3.93. The van der Waals surface area contributed by atoms with Gasteiger partial charge >= 0.3 is 0 Å². The van der Waals surface area contributed by atoms with Crippen LogP contribution in [0, 0.1) is 0 Å². The first-order chi connectivity index (χ1) is 6.81. The molecule has 0 saturated carbocycles. The number of aryl methyl sites for hydroxylation is 1. The van der Waals surface area contributed by atoms with Crippen LogP contribution in [0.2, 0.25) is 0 Å². The summed E-state index contributed by atoms with van der Waals surface area (Å²) in [6.07, 6.45) is 3.22. The van der Waals surface area contributed by atoms with Crippen molar-refractivity contribution in [2.45, 2.75) is 26.2 Å². The van der Waals surface area contributed by atoms with Gasteiger partial charge in [-0.2, -0.15) is 0 Å². The Morgan fingerprint density at radius 1 is 1.43 bits per heavy atom. The van der Waals surface area contributed by atoms with E-state index >= 15 is 0 Å². The van der Waals surface area contributed by atoms with E-state index in [4.69, 9.17) is 4.42 Å². The molecule has 0 aliphatic rings. The van der Waals surface area contributed by atoms with E-state index in [1.54, 1.807) is 0 Å². The zero-order chi connectivity index (χ0) is 9.97. The molecule has 0 fully saturated rings. The molecule has 2 nitrogen and oxygen atoms in total. The molecule has 0 bridgehead atoms. The monoisotopic (exact) mass is 253 g/mol. The number of aromatic nitrogens is 1. The third kappa shape index (κ3) is 1.82. The van der Waals surface area contributed by atoms with Crippen LogP contribution in [0.5, 0.6) is 0 Å². The van der Waals surface area contributed by atoms with Crippen molar-refractivity contribution in [1.82, 2.24) is 4.98 Å². The number of fused-ring (bicyclic) bond motifs is 1. The van der Waals surface area contributed by atoms with Crippen LogP contribution >= 0.6 is 15.9 Å². The second kappa shape index (κ2) is 4.13. The van der Waals surface area contributed by atoms with E-state index < -0.39 is 0 Å². The highest BCUT2D eigenvalue weighted by atomic mass is 79.9. The topological polar surface area (TPSA) is 26.0 Å². The summed E-state index contributed by atoms with van der Waals surface area (Å²) in [6.45, 7) is 2.17. The highest BCUT2D eigenvalue weighted by Gasteiger charge is 2.06. The largest absolute Gasteiger partial charge is 0.441 e. The van der Waals surface area contributed by atoms with Crippen molar-refractivity contribution in [2.24, 2.45) is 0 Å². The third-order valence-electron chi connectivity index (χ3n) is 2.16. The smallest absolute Gasteiger partial charge is 0.195 e. The van der Waals surface area contributed by atoms with Gasteiger partial charge < -0.3 is 4.42 Å². The summed E-state index contributed by atoms with van der Waals surface area (Å²) in [5, 5.41) is 0. The maximum absolute atomic E-state index is 5.61. The van der Waals surface area contributed by atoms with Crippen molar-refractivity contribution in [3.05, 3.63) is 28.6 Å². The van der Waals surface area contributed by atoms with Crippen molar-refractivity contribution in [3.63, 3.8) is 0 Å². The zero-order valence-electron chi connectivity index (χ0n) is 8.09. The van der Waals surface area contributed by atoms with Crippen molar-refractivity contribution < 1.29 is 4.42 Å². The third-order valence-corrected chi connectivity index (χ3v) is 2.80. The van der Waals surface area contributed by atoms with Crippen molar-refractivity contribution in [2.75, 3.05) is 0 Å². The SMILES string of the molecule is CCCCc1nc2c(Br)cccc2o1. The van der Waals surface area contributed by atoms with E-state index in [9.17, 15) is 0 Å². The first-order valence-electron chi connectivity index (χ1n) is 4.85. The molecular formula is C11H12BrNO. The Morgan fingerprint density at radius 2 is 2.29 bits per heavy atom. The maximum Gasteiger partial charge on any atom is 0.195 e. The van der Waals surface area contributed by atoms with Gasteiger partial charge in [0.25, 0.3) is 0 Å². The van der Waals surface area contributed by atoms with Crippen molar-refractivity contribution in [3.8, 4) is 0 Å². The first-order valence-corrected chi connectivity index (χ1v) is 5.64. The number of hydrogen-bond acceptors (Lipinski definition) is 2. The average Bonchev–Trinajstić information content (AvgIpc) is 2.59. The van der Waals surface area contributed by atoms with Gasteiger partial charge in [-0.25, -0.2) is 4.98 Å². The van der Waals surface area contributed by atoms with Gasteiger partial charge in [-0.15, -0.1) is 0 Å². The molecule has 0 amide bonds. The summed E-state index contributed by atoms with van der Waals surface area (Å²) >= 11 is 3.46. The van der Waals surface area contributed by atoms with Crippen molar-refractivity contribution in [1.29, 1.82) is 0 Å². The minimum Gasteiger partial charge on any atom is -0.441 e. The molecule has 0 aliphatic heterocycles. The quantitative estimate of drug-likeness (QED) is 0.829. The summed E-state index contributed by atoms with van der Waals surface area (Å²) in [4.78, 5) is 4.44. The van der Waals surface area contributed by atoms with Crippen LogP contribution in [0.3, 0.4) is 0 Å². The summed E-state index contributed by atoms with van der Waals surface area (Å²) in [5.74, 6) is 0.841. The van der Waals surface area contributed by atoms with Crippen LogP contribution in [0.15, 0.2) is 27.1 Å². The Hall–Kier alpha value is -0.830. The number of halogens is 1. The number of rotatable bonds is 3. The lowest BCUT2D eigenvalue weighted by Gasteiger charge is -1.89. The molecule has 0 aliphatic carbocycles. The fraction of sp³-hybridized carbons (Fsp3) is 0.364. The summed E-state index contributed by atoms with van der Waals surface area (Å²) in [7, 11) is 0. The fourth-order valence-corrected chi connectivity index (χ4v) is 1.83. The van der Waals surface area contributed by atoms with Crippen LogP contribution in [0.4, 0.5) is 0 Å². The Morgan fingerprint density at radius 3 is 3.00 bits per heavy atom. The van der Waals surface area contributed by atoms with E-state index in [0.717, 1.165) is 34.3 Å². The molecule has 14 heavy (non-hydrogen) atoms. The number of nitrogens with zero attached hydrogens (tertiary/aromatic N) is 1. The lowest BCUT2D eigenvalue weighted by atomic mass is 10.2. The number of para-hydroxylation sites is 1. The van der Waals surface area contributed by atoms with Crippen LogP contribution in [0.25, 0.3) is 11.1 Å². The lowest BCUT2D eigenvalue weighted by molar-refractivity contribution is 0.517. The first kappa shape index (κ1) is 9.71. The minimum atomic E-state index is 0.841. The van der Waals surface area contributed by atoms with Gasteiger partial charge in [-0.1, -0.05) is 19.4 Å². The fourth-order valence-electron chi connectivity index (χ4n) is 1.40. The second-order valence-corrected chi connectivity index (χ2v) is 4.15. The average molecular weight is 254 g/mol. The van der Waals surface area contributed by atoms with Crippen LogP contribution in [0.1, 0.15) is 25.7 Å². The van der Waals surface area contributed by atoms with E-state index in [1.165, 1.54) is 6.42 Å². The molecule has 1 aromatic carbocycles. The molecule has 0 atom stereocenters. The molecular weight excluding hydrogens is 242 g/mol. The molecule has 0 radical (unpaired) electrons. The predicted molar refractivity (Wildman–Crippen MR) is 60.3 cm³/mol. The highest BCUT2D eigenvalue weighted by molar-refractivity contribution is 9.10.